The lowest BCUT2D eigenvalue weighted by molar-refractivity contribution is 0.102. The normalized spacial score (nSPS) is 9.70. The zero-order valence-electron chi connectivity index (χ0n) is 10.7. The molecule has 5 nitrogen and oxygen atoms in total. The van der Waals surface area contributed by atoms with E-state index in [1.165, 1.54) is 23.6 Å². The molecule has 1 aromatic carbocycles. The number of carbonyl (C=O) groups is 1. The minimum atomic E-state index is -0.429. The van der Waals surface area contributed by atoms with E-state index < -0.39 is 5.91 Å². The molecule has 0 fully saturated rings. The molecule has 0 saturated carbocycles. The fourth-order valence-electron chi connectivity index (χ4n) is 1.52. The third-order valence-corrected chi connectivity index (χ3v) is 3.33. The minimum absolute atomic E-state index is 0.0400. The van der Waals surface area contributed by atoms with Crippen molar-refractivity contribution in [1.82, 2.24) is 4.98 Å². The first-order valence-electron chi connectivity index (χ1n) is 5.77. The zero-order chi connectivity index (χ0) is 14.5. The molecule has 1 heterocycles. The van der Waals surface area contributed by atoms with Gasteiger partial charge in [-0.3, -0.25) is 10.1 Å². The lowest BCUT2D eigenvalue weighted by Crippen LogP contribution is -2.12. The predicted octanol–water partition coefficient (Wildman–Crippen LogP) is 1.75. The van der Waals surface area contributed by atoms with Crippen LogP contribution in [0.15, 0.2) is 24.4 Å². The monoisotopic (exact) mass is 288 g/mol. The number of nitrogens with one attached hydrogen (secondary N) is 1. The maximum absolute atomic E-state index is 12.0. The fourth-order valence-corrected chi connectivity index (χ4v) is 2.21. The number of phenols is 1. The van der Waals surface area contributed by atoms with E-state index in [-0.39, 0.29) is 17.9 Å². The summed E-state index contributed by atoms with van der Waals surface area (Å²) in [6, 6.07) is 4.96. The SMILES string of the molecule is Cc1cccc(C(=O)Nc2ncc(C#CCO)s2)c1O. The second kappa shape index (κ2) is 6.19. The van der Waals surface area contributed by atoms with Crippen LogP contribution in [0.2, 0.25) is 0 Å². The van der Waals surface area contributed by atoms with Crippen LogP contribution in [-0.4, -0.2) is 27.7 Å². The molecule has 0 aliphatic heterocycles. The van der Waals surface area contributed by atoms with Crippen molar-refractivity contribution in [3.8, 4) is 17.6 Å². The number of benzene rings is 1. The lowest BCUT2D eigenvalue weighted by Gasteiger charge is -2.05. The summed E-state index contributed by atoms with van der Waals surface area (Å²) in [5.41, 5.74) is 0.828. The highest BCUT2D eigenvalue weighted by Crippen LogP contribution is 2.23. The molecule has 3 N–H and O–H groups in total. The summed E-state index contributed by atoms with van der Waals surface area (Å²) < 4.78 is 0. The van der Waals surface area contributed by atoms with Gasteiger partial charge in [-0.2, -0.15) is 0 Å². The molecule has 2 aromatic rings. The second-order valence-electron chi connectivity index (χ2n) is 3.91. The number of thiazole rings is 1. The average Bonchev–Trinajstić information content (AvgIpc) is 2.87. The number of amides is 1. The summed E-state index contributed by atoms with van der Waals surface area (Å²) in [4.78, 5) is 16.7. The Morgan fingerprint density at radius 1 is 1.50 bits per heavy atom. The van der Waals surface area contributed by atoms with Gasteiger partial charge in [-0.25, -0.2) is 4.98 Å². The van der Waals surface area contributed by atoms with Crippen LogP contribution in [0.25, 0.3) is 0 Å². The minimum Gasteiger partial charge on any atom is -0.507 e. The Morgan fingerprint density at radius 3 is 3.05 bits per heavy atom. The quantitative estimate of drug-likeness (QED) is 0.735. The average molecular weight is 288 g/mol. The Hall–Kier alpha value is -2.36. The van der Waals surface area contributed by atoms with E-state index in [4.69, 9.17) is 5.11 Å². The third-order valence-electron chi connectivity index (χ3n) is 2.50. The van der Waals surface area contributed by atoms with Crippen molar-refractivity contribution in [3.05, 3.63) is 40.4 Å². The van der Waals surface area contributed by atoms with Crippen molar-refractivity contribution < 1.29 is 15.0 Å². The van der Waals surface area contributed by atoms with E-state index in [1.807, 2.05) is 0 Å². The Bertz CT molecular complexity index is 698. The van der Waals surface area contributed by atoms with E-state index >= 15 is 0 Å². The smallest absolute Gasteiger partial charge is 0.261 e. The van der Waals surface area contributed by atoms with E-state index in [9.17, 15) is 9.90 Å². The van der Waals surface area contributed by atoms with E-state index in [1.54, 1.807) is 19.1 Å². The zero-order valence-corrected chi connectivity index (χ0v) is 11.5. The standard InChI is InChI=1S/C14H12N2O3S/c1-9-4-2-6-11(12(9)18)13(19)16-14-15-8-10(20-14)5-3-7-17/h2,4,6,8,17-18H,7H2,1H3,(H,15,16,19). The molecule has 6 heteroatoms. The number of aliphatic hydroxyl groups is 1. The van der Waals surface area contributed by atoms with Gasteiger partial charge in [0, 0.05) is 0 Å². The van der Waals surface area contributed by atoms with Crippen LogP contribution in [0.5, 0.6) is 5.75 Å². The Morgan fingerprint density at radius 2 is 2.30 bits per heavy atom. The van der Waals surface area contributed by atoms with E-state index in [2.05, 4.69) is 22.1 Å². The topological polar surface area (TPSA) is 82.5 Å². The van der Waals surface area contributed by atoms with Gasteiger partial charge in [-0.1, -0.05) is 35.3 Å². The van der Waals surface area contributed by atoms with Gasteiger partial charge in [0.15, 0.2) is 5.13 Å². The van der Waals surface area contributed by atoms with Crippen molar-refractivity contribution in [2.24, 2.45) is 0 Å². The molecule has 0 aliphatic rings. The molecule has 0 bridgehead atoms. The summed E-state index contributed by atoms with van der Waals surface area (Å²) >= 11 is 1.20. The number of carbonyl (C=O) groups excluding carboxylic acids is 1. The maximum atomic E-state index is 12.0. The molecule has 0 unspecified atom stereocenters. The lowest BCUT2D eigenvalue weighted by atomic mass is 10.1. The van der Waals surface area contributed by atoms with Gasteiger partial charge in [0.2, 0.25) is 0 Å². The summed E-state index contributed by atoms with van der Waals surface area (Å²) in [7, 11) is 0. The molecule has 0 aliphatic carbocycles. The van der Waals surface area contributed by atoms with E-state index in [0.29, 0.717) is 15.6 Å². The Labute approximate surface area is 119 Å². The van der Waals surface area contributed by atoms with Gasteiger partial charge >= 0.3 is 0 Å². The predicted molar refractivity (Wildman–Crippen MR) is 76.9 cm³/mol. The number of aryl methyl sites for hydroxylation is 1. The van der Waals surface area contributed by atoms with Crippen LogP contribution in [0.1, 0.15) is 20.8 Å². The summed E-state index contributed by atoms with van der Waals surface area (Å²) in [6.45, 7) is 1.49. The molecule has 20 heavy (non-hydrogen) atoms. The number of hydrogen-bond acceptors (Lipinski definition) is 5. The van der Waals surface area contributed by atoms with Crippen molar-refractivity contribution in [3.63, 3.8) is 0 Å². The molecule has 1 aromatic heterocycles. The van der Waals surface area contributed by atoms with Crippen LogP contribution in [0.3, 0.4) is 0 Å². The first kappa shape index (κ1) is 14.1. The molecule has 2 rings (SSSR count). The van der Waals surface area contributed by atoms with Gasteiger partial charge in [0.05, 0.1) is 16.6 Å². The number of anilines is 1. The molecular weight excluding hydrogens is 276 g/mol. The number of rotatable bonds is 2. The molecule has 0 radical (unpaired) electrons. The molecule has 0 saturated heterocycles. The van der Waals surface area contributed by atoms with Gasteiger partial charge in [0.1, 0.15) is 12.4 Å². The summed E-state index contributed by atoms with van der Waals surface area (Å²) in [5, 5.41) is 21.4. The second-order valence-corrected chi connectivity index (χ2v) is 4.95. The Balaban J connectivity index is 2.15. The molecule has 0 atom stereocenters. The van der Waals surface area contributed by atoms with Gasteiger partial charge < -0.3 is 10.2 Å². The number of aliphatic hydroxyl groups excluding tert-OH is 1. The number of hydrogen-bond donors (Lipinski definition) is 3. The van der Waals surface area contributed by atoms with Gasteiger partial charge in [-0.15, -0.1) is 0 Å². The number of para-hydroxylation sites is 1. The highest BCUT2D eigenvalue weighted by molar-refractivity contribution is 7.16. The number of aromatic hydroxyl groups is 1. The van der Waals surface area contributed by atoms with Crippen LogP contribution in [-0.2, 0) is 0 Å². The van der Waals surface area contributed by atoms with Crippen molar-refractivity contribution in [2.45, 2.75) is 6.92 Å². The van der Waals surface area contributed by atoms with Gasteiger partial charge in [0.25, 0.3) is 5.91 Å². The molecular formula is C14H12N2O3S. The van der Waals surface area contributed by atoms with Crippen molar-refractivity contribution in [1.29, 1.82) is 0 Å². The number of aromatic nitrogens is 1. The maximum Gasteiger partial charge on any atom is 0.261 e. The highest BCUT2D eigenvalue weighted by Gasteiger charge is 2.13. The van der Waals surface area contributed by atoms with Crippen LogP contribution >= 0.6 is 11.3 Å². The van der Waals surface area contributed by atoms with Crippen LogP contribution in [0, 0.1) is 18.8 Å². The van der Waals surface area contributed by atoms with Crippen LogP contribution in [0.4, 0.5) is 5.13 Å². The molecule has 1 amide bonds. The summed E-state index contributed by atoms with van der Waals surface area (Å²) in [6.07, 6.45) is 1.51. The van der Waals surface area contributed by atoms with Crippen molar-refractivity contribution in [2.75, 3.05) is 11.9 Å². The largest absolute Gasteiger partial charge is 0.507 e. The summed E-state index contributed by atoms with van der Waals surface area (Å²) in [5.74, 6) is 4.74. The fraction of sp³-hybridized carbons (Fsp3) is 0.143. The Kier molecular flexibility index (Phi) is 4.35. The van der Waals surface area contributed by atoms with Gasteiger partial charge in [-0.05, 0) is 18.6 Å². The molecule has 0 spiro atoms. The number of phenolic OH excluding ortho intramolecular Hbond substituents is 1. The number of nitrogens with zero attached hydrogens (tertiary/aromatic N) is 1. The molecule has 102 valence electrons. The highest BCUT2D eigenvalue weighted by atomic mass is 32.1. The van der Waals surface area contributed by atoms with E-state index in [0.717, 1.165) is 0 Å². The first-order chi connectivity index (χ1) is 9.61. The van der Waals surface area contributed by atoms with Crippen molar-refractivity contribution >= 4 is 22.4 Å². The van der Waals surface area contributed by atoms with Crippen LogP contribution < -0.4 is 5.32 Å². The third kappa shape index (κ3) is 3.15. The first-order valence-corrected chi connectivity index (χ1v) is 6.59.